The average molecular weight is 494 g/mol. The Kier molecular flexibility index (Phi) is 8.37. The summed E-state index contributed by atoms with van der Waals surface area (Å²) < 4.78 is 55.1. The summed E-state index contributed by atoms with van der Waals surface area (Å²) in [7, 11) is 3.78. The van der Waals surface area contributed by atoms with Gasteiger partial charge in [-0.2, -0.15) is 0 Å². The van der Waals surface area contributed by atoms with E-state index in [1.54, 1.807) is 18.2 Å². The van der Waals surface area contributed by atoms with E-state index in [0.29, 0.717) is 17.7 Å². The first-order chi connectivity index (χ1) is 16.7. The summed E-state index contributed by atoms with van der Waals surface area (Å²) in [5.41, 5.74) is 0.970. The lowest BCUT2D eigenvalue weighted by atomic mass is 9.92. The van der Waals surface area contributed by atoms with Gasteiger partial charge in [-0.05, 0) is 35.6 Å². The molecule has 2 aromatic carbocycles. The molecular weight excluding hydrogens is 464 g/mol. The molecule has 1 atom stereocenters. The molecule has 0 fully saturated rings. The molecule has 0 aliphatic carbocycles. The standard InChI is InChI=1S/C25H29F2NO7/c1-14(2)12-35-25(30)28-9-8-15-10-16(6-7-17(15)23(28)24(29)33-5)34-13-18-21(26)19(31-3)11-20(32-4)22(18)27/h6-7,10-11,14,23H,8-9,12-13H2,1-5H3. The fourth-order valence-corrected chi connectivity index (χ4v) is 3.80. The highest BCUT2D eigenvalue weighted by Gasteiger charge is 2.38. The van der Waals surface area contributed by atoms with Crippen molar-refractivity contribution in [3.05, 3.63) is 52.6 Å². The molecule has 10 heteroatoms. The lowest BCUT2D eigenvalue weighted by Gasteiger charge is -2.35. The molecule has 1 amide bonds. The number of hydrogen-bond acceptors (Lipinski definition) is 7. The molecule has 8 nitrogen and oxygen atoms in total. The molecule has 35 heavy (non-hydrogen) atoms. The Balaban J connectivity index is 1.84. The Bertz CT molecular complexity index is 1060. The molecule has 0 saturated carbocycles. The summed E-state index contributed by atoms with van der Waals surface area (Å²) in [6, 6.07) is 5.01. The van der Waals surface area contributed by atoms with Gasteiger partial charge in [-0.3, -0.25) is 4.90 Å². The summed E-state index contributed by atoms with van der Waals surface area (Å²) in [5.74, 6) is -2.23. The number of rotatable bonds is 8. The Labute approximate surface area is 202 Å². The maximum absolute atomic E-state index is 14.6. The van der Waals surface area contributed by atoms with Crippen molar-refractivity contribution in [2.45, 2.75) is 32.9 Å². The van der Waals surface area contributed by atoms with Crippen molar-refractivity contribution < 1.29 is 42.1 Å². The molecule has 0 radical (unpaired) electrons. The van der Waals surface area contributed by atoms with Crippen LogP contribution in [0.3, 0.4) is 0 Å². The molecule has 190 valence electrons. The summed E-state index contributed by atoms with van der Waals surface area (Å²) >= 11 is 0. The number of carbonyl (C=O) groups is 2. The minimum atomic E-state index is -0.977. The lowest BCUT2D eigenvalue weighted by Crippen LogP contribution is -2.44. The Hall–Kier alpha value is -3.56. The highest BCUT2D eigenvalue weighted by Crippen LogP contribution is 2.35. The van der Waals surface area contributed by atoms with Crippen LogP contribution in [0.15, 0.2) is 24.3 Å². The van der Waals surface area contributed by atoms with Crippen LogP contribution in [-0.4, -0.2) is 51.4 Å². The van der Waals surface area contributed by atoms with Crippen LogP contribution in [-0.2, 0) is 27.3 Å². The predicted molar refractivity (Wildman–Crippen MR) is 122 cm³/mol. The Morgan fingerprint density at radius 1 is 1.06 bits per heavy atom. The quantitative estimate of drug-likeness (QED) is 0.503. The van der Waals surface area contributed by atoms with Crippen LogP contribution in [0.2, 0.25) is 0 Å². The van der Waals surface area contributed by atoms with Gasteiger partial charge in [-0.15, -0.1) is 0 Å². The Morgan fingerprint density at radius 3 is 2.29 bits per heavy atom. The summed E-state index contributed by atoms with van der Waals surface area (Å²) in [6.45, 7) is 3.86. The molecule has 1 aliphatic heterocycles. The van der Waals surface area contributed by atoms with Gasteiger partial charge in [-0.25, -0.2) is 18.4 Å². The van der Waals surface area contributed by atoms with Crippen molar-refractivity contribution in [3.63, 3.8) is 0 Å². The molecule has 0 aromatic heterocycles. The lowest BCUT2D eigenvalue weighted by molar-refractivity contribution is -0.147. The van der Waals surface area contributed by atoms with Crippen molar-refractivity contribution in [2.24, 2.45) is 5.92 Å². The Morgan fingerprint density at radius 2 is 1.71 bits per heavy atom. The van der Waals surface area contributed by atoms with E-state index in [1.165, 1.54) is 26.2 Å². The third kappa shape index (κ3) is 5.58. The molecule has 1 aliphatic rings. The molecule has 0 bridgehead atoms. The van der Waals surface area contributed by atoms with Crippen molar-refractivity contribution in [3.8, 4) is 17.2 Å². The van der Waals surface area contributed by atoms with Gasteiger partial charge in [0.25, 0.3) is 0 Å². The topological polar surface area (TPSA) is 83.5 Å². The van der Waals surface area contributed by atoms with Gasteiger partial charge < -0.3 is 23.7 Å². The van der Waals surface area contributed by atoms with Gasteiger partial charge in [0, 0.05) is 12.6 Å². The first-order valence-electron chi connectivity index (χ1n) is 11.1. The minimum absolute atomic E-state index is 0.145. The fourth-order valence-electron chi connectivity index (χ4n) is 3.80. The van der Waals surface area contributed by atoms with Gasteiger partial charge in [-0.1, -0.05) is 19.9 Å². The average Bonchev–Trinajstić information content (AvgIpc) is 2.86. The van der Waals surface area contributed by atoms with Crippen LogP contribution >= 0.6 is 0 Å². The van der Waals surface area contributed by atoms with Crippen LogP contribution in [0.4, 0.5) is 13.6 Å². The molecule has 0 N–H and O–H groups in total. The van der Waals surface area contributed by atoms with Gasteiger partial charge in [0.15, 0.2) is 29.2 Å². The number of methoxy groups -OCH3 is 3. The molecule has 1 heterocycles. The number of ether oxygens (including phenoxy) is 5. The number of benzene rings is 2. The van der Waals surface area contributed by atoms with E-state index in [4.69, 9.17) is 23.7 Å². The monoisotopic (exact) mass is 493 g/mol. The minimum Gasteiger partial charge on any atom is -0.494 e. The van der Waals surface area contributed by atoms with E-state index in [1.807, 2.05) is 13.8 Å². The molecule has 2 aromatic rings. The summed E-state index contributed by atoms with van der Waals surface area (Å²) in [5, 5.41) is 0. The van der Waals surface area contributed by atoms with E-state index in [2.05, 4.69) is 0 Å². The first kappa shape index (κ1) is 26.1. The SMILES string of the molecule is COC(=O)C1c2ccc(OCc3c(F)c(OC)cc(OC)c3F)cc2CCN1C(=O)OCC(C)C. The zero-order valence-electron chi connectivity index (χ0n) is 20.4. The van der Waals surface area contributed by atoms with Crippen molar-refractivity contribution in [1.82, 2.24) is 4.90 Å². The van der Waals surface area contributed by atoms with Crippen molar-refractivity contribution in [2.75, 3.05) is 34.5 Å². The summed E-state index contributed by atoms with van der Waals surface area (Å²) in [4.78, 5) is 26.5. The van der Waals surface area contributed by atoms with Gasteiger partial charge in [0.2, 0.25) is 0 Å². The van der Waals surface area contributed by atoms with E-state index >= 15 is 0 Å². The molecule has 1 unspecified atom stereocenters. The highest BCUT2D eigenvalue weighted by molar-refractivity contribution is 5.84. The van der Waals surface area contributed by atoms with Crippen molar-refractivity contribution >= 4 is 12.1 Å². The normalized spacial score (nSPS) is 14.9. The largest absolute Gasteiger partial charge is 0.494 e. The number of amides is 1. The van der Waals surface area contributed by atoms with Crippen LogP contribution < -0.4 is 14.2 Å². The maximum Gasteiger partial charge on any atom is 0.410 e. The number of hydrogen-bond donors (Lipinski definition) is 0. The van der Waals surface area contributed by atoms with Gasteiger partial charge >= 0.3 is 12.1 Å². The predicted octanol–water partition coefficient (Wildman–Crippen LogP) is 4.43. The number of nitrogens with zero attached hydrogens (tertiary/aromatic N) is 1. The van der Waals surface area contributed by atoms with E-state index in [9.17, 15) is 18.4 Å². The molecule has 0 saturated heterocycles. The van der Waals surface area contributed by atoms with Crippen LogP contribution in [0, 0.1) is 17.6 Å². The zero-order chi connectivity index (χ0) is 25.7. The van der Waals surface area contributed by atoms with E-state index in [-0.39, 0.29) is 36.1 Å². The number of fused-ring (bicyclic) bond motifs is 1. The second kappa shape index (κ2) is 11.2. The van der Waals surface area contributed by atoms with Crippen LogP contribution in [0.1, 0.15) is 36.6 Å². The van der Waals surface area contributed by atoms with Gasteiger partial charge in [0.1, 0.15) is 12.4 Å². The molecule has 3 rings (SSSR count). The number of esters is 1. The summed E-state index contributed by atoms with van der Waals surface area (Å²) in [6.07, 6.45) is -0.176. The van der Waals surface area contributed by atoms with Crippen LogP contribution in [0.25, 0.3) is 0 Å². The fraction of sp³-hybridized carbons (Fsp3) is 0.440. The second-order valence-corrected chi connectivity index (χ2v) is 8.38. The van der Waals surface area contributed by atoms with E-state index in [0.717, 1.165) is 11.6 Å². The maximum atomic E-state index is 14.6. The molecular formula is C25H29F2NO7. The second-order valence-electron chi connectivity index (χ2n) is 8.38. The third-order valence-electron chi connectivity index (χ3n) is 5.59. The molecule has 0 spiro atoms. The van der Waals surface area contributed by atoms with Crippen LogP contribution in [0.5, 0.6) is 17.2 Å². The highest BCUT2D eigenvalue weighted by atomic mass is 19.1. The third-order valence-corrected chi connectivity index (χ3v) is 5.59. The van der Waals surface area contributed by atoms with Crippen molar-refractivity contribution in [1.29, 1.82) is 0 Å². The zero-order valence-corrected chi connectivity index (χ0v) is 20.4. The number of carbonyl (C=O) groups excluding carboxylic acids is 2. The first-order valence-corrected chi connectivity index (χ1v) is 11.1. The number of halogens is 2. The van der Waals surface area contributed by atoms with Gasteiger partial charge in [0.05, 0.1) is 33.5 Å². The van der Waals surface area contributed by atoms with E-state index < -0.39 is 36.3 Å². The smallest absolute Gasteiger partial charge is 0.410 e.